The summed E-state index contributed by atoms with van der Waals surface area (Å²) in [7, 11) is 0. The molecule has 2 fully saturated rings. The van der Waals surface area contributed by atoms with Crippen LogP contribution in [0, 0.1) is 0 Å². The van der Waals surface area contributed by atoms with Crippen LogP contribution in [0.2, 0.25) is 0 Å². The highest BCUT2D eigenvalue weighted by atomic mass is 32.2. The number of nitrogens with zero attached hydrogens (tertiary/aromatic N) is 3. The molecule has 170 valence electrons. The number of pyridine rings is 1. The van der Waals surface area contributed by atoms with Crippen molar-refractivity contribution in [2.75, 3.05) is 25.9 Å². The minimum atomic E-state index is -0.250. The van der Waals surface area contributed by atoms with Gasteiger partial charge in [0.1, 0.15) is 6.54 Å². The van der Waals surface area contributed by atoms with E-state index in [4.69, 9.17) is 4.74 Å². The molecule has 1 saturated carbocycles. The second-order valence-corrected chi connectivity index (χ2v) is 9.39. The van der Waals surface area contributed by atoms with Gasteiger partial charge in [-0.3, -0.25) is 14.6 Å². The molecule has 1 atom stereocenters. The van der Waals surface area contributed by atoms with E-state index in [1.54, 1.807) is 22.9 Å². The van der Waals surface area contributed by atoms with Gasteiger partial charge < -0.3 is 14.5 Å². The Kier molecular flexibility index (Phi) is 7.81. The Labute approximate surface area is 194 Å². The molecule has 6 nitrogen and oxygen atoms in total. The molecular weight excluding hydrogens is 422 g/mol. The Bertz CT molecular complexity index is 900. The molecule has 2 heterocycles. The summed E-state index contributed by atoms with van der Waals surface area (Å²) in [6.07, 6.45) is 9.10. The lowest BCUT2D eigenvalue weighted by atomic mass is 9.94. The lowest BCUT2D eigenvalue weighted by molar-refractivity contribution is -0.134. The van der Waals surface area contributed by atoms with Gasteiger partial charge in [0.2, 0.25) is 5.91 Å². The standard InChI is InChI=1S/C25H31N3O3S/c1-32-23-12-10-19(11-13-23)25(30)27-15-22(31-18-20-7-5-6-14-26-20)16-28(24(29)17-27)21-8-3-2-4-9-21/h5-7,10-14,21-22H,2-4,8-9,15-18H2,1H3. The maximum atomic E-state index is 13.3. The van der Waals surface area contributed by atoms with Crippen LogP contribution in [0.4, 0.5) is 0 Å². The van der Waals surface area contributed by atoms with Crippen molar-refractivity contribution in [1.29, 1.82) is 0 Å². The van der Waals surface area contributed by atoms with Crippen LogP contribution >= 0.6 is 11.8 Å². The lowest BCUT2D eigenvalue weighted by Gasteiger charge is -2.34. The highest BCUT2D eigenvalue weighted by Gasteiger charge is 2.35. The molecule has 1 unspecified atom stereocenters. The summed E-state index contributed by atoms with van der Waals surface area (Å²) in [4.78, 5) is 35.6. The third-order valence-electron chi connectivity index (χ3n) is 6.30. The van der Waals surface area contributed by atoms with Gasteiger partial charge in [-0.2, -0.15) is 0 Å². The minimum absolute atomic E-state index is 0.0231. The maximum absolute atomic E-state index is 13.3. The fourth-order valence-corrected chi connectivity index (χ4v) is 4.96. The molecule has 2 aliphatic rings. The van der Waals surface area contributed by atoms with Gasteiger partial charge in [0.15, 0.2) is 0 Å². The fraction of sp³-hybridized carbons (Fsp3) is 0.480. The Morgan fingerprint density at radius 2 is 1.88 bits per heavy atom. The minimum Gasteiger partial charge on any atom is -0.368 e. The van der Waals surface area contributed by atoms with Crippen LogP contribution < -0.4 is 0 Å². The number of aromatic nitrogens is 1. The second-order valence-electron chi connectivity index (χ2n) is 8.51. The molecule has 32 heavy (non-hydrogen) atoms. The monoisotopic (exact) mass is 453 g/mol. The smallest absolute Gasteiger partial charge is 0.254 e. The molecular formula is C25H31N3O3S. The largest absolute Gasteiger partial charge is 0.368 e. The van der Waals surface area contributed by atoms with Gasteiger partial charge in [-0.05, 0) is 55.5 Å². The molecule has 1 aliphatic carbocycles. The number of carbonyl (C=O) groups is 2. The molecule has 1 saturated heterocycles. The number of carbonyl (C=O) groups excluding carboxylic acids is 2. The molecule has 1 aromatic carbocycles. The van der Waals surface area contributed by atoms with Crippen molar-refractivity contribution in [2.24, 2.45) is 0 Å². The van der Waals surface area contributed by atoms with Gasteiger partial charge in [-0.1, -0.05) is 25.3 Å². The van der Waals surface area contributed by atoms with Crippen molar-refractivity contribution in [3.63, 3.8) is 0 Å². The van der Waals surface area contributed by atoms with E-state index >= 15 is 0 Å². The van der Waals surface area contributed by atoms with E-state index in [1.807, 2.05) is 53.6 Å². The van der Waals surface area contributed by atoms with Gasteiger partial charge >= 0.3 is 0 Å². The SMILES string of the molecule is CSc1ccc(C(=O)N2CC(=O)N(C3CCCCC3)CC(OCc3ccccn3)C2)cc1. The van der Waals surface area contributed by atoms with Crippen LogP contribution in [0.5, 0.6) is 0 Å². The maximum Gasteiger partial charge on any atom is 0.254 e. The summed E-state index contributed by atoms with van der Waals surface area (Å²) < 4.78 is 6.22. The second kappa shape index (κ2) is 11.0. The predicted octanol–water partition coefficient (Wildman–Crippen LogP) is 4.01. The average Bonchev–Trinajstić information content (AvgIpc) is 3.02. The van der Waals surface area contributed by atoms with Crippen molar-refractivity contribution < 1.29 is 14.3 Å². The quantitative estimate of drug-likeness (QED) is 0.619. The first-order valence-corrected chi connectivity index (χ1v) is 12.6. The average molecular weight is 454 g/mol. The molecule has 2 aromatic rings. The summed E-state index contributed by atoms with van der Waals surface area (Å²) in [5.74, 6) is -0.0992. The van der Waals surface area contributed by atoms with Crippen LogP contribution in [-0.2, 0) is 16.1 Å². The van der Waals surface area contributed by atoms with Crippen molar-refractivity contribution in [1.82, 2.24) is 14.8 Å². The van der Waals surface area contributed by atoms with E-state index < -0.39 is 0 Å². The normalized spacial score (nSPS) is 20.3. The Morgan fingerprint density at radius 3 is 2.56 bits per heavy atom. The zero-order valence-corrected chi connectivity index (χ0v) is 19.4. The zero-order chi connectivity index (χ0) is 22.3. The van der Waals surface area contributed by atoms with Crippen molar-refractivity contribution in [3.05, 3.63) is 59.9 Å². The first-order chi connectivity index (χ1) is 15.6. The van der Waals surface area contributed by atoms with Crippen LogP contribution in [0.3, 0.4) is 0 Å². The molecule has 2 amide bonds. The fourth-order valence-electron chi connectivity index (χ4n) is 4.55. The number of benzene rings is 1. The van der Waals surface area contributed by atoms with Gasteiger partial charge in [-0.25, -0.2) is 0 Å². The highest BCUT2D eigenvalue weighted by molar-refractivity contribution is 7.98. The molecule has 0 N–H and O–H groups in total. The molecule has 4 rings (SSSR count). The predicted molar refractivity (Wildman–Crippen MR) is 126 cm³/mol. The Morgan fingerprint density at radius 1 is 1.09 bits per heavy atom. The third-order valence-corrected chi connectivity index (χ3v) is 7.05. The number of thioether (sulfide) groups is 1. The van der Waals surface area contributed by atoms with Gasteiger partial charge in [0, 0.05) is 35.8 Å². The number of hydrogen-bond acceptors (Lipinski definition) is 5. The van der Waals surface area contributed by atoms with E-state index in [0.29, 0.717) is 25.3 Å². The topological polar surface area (TPSA) is 62.7 Å². The number of hydrogen-bond donors (Lipinski definition) is 0. The van der Waals surface area contributed by atoms with Crippen molar-refractivity contribution in [2.45, 2.75) is 55.8 Å². The molecule has 0 spiro atoms. The van der Waals surface area contributed by atoms with Crippen molar-refractivity contribution in [3.8, 4) is 0 Å². The van der Waals surface area contributed by atoms with E-state index in [9.17, 15) is 9.59 Å². The van der Waals surface area contributed by atoms with E-state index in [1.165, 1.54) is 6.42 Å². The molecule has 0 bridgehead atoms. The van der Waals surface area contributed by atoms with Gasteiger partial charge in [0.25, 0.3) is 5.91 Å². The Hall–Kier alpha value is -2.38. The first kappa shape index (κ1) is 22.8. The highest BCUT2D eigenvalue weighted by Crippen LogP contribution is 2.25. The summed E-state index contributed by atoms with van der Waals surface area (Å²) in [5, 5.41) is 0. The Balaban J connectivity index is 1.52. The van der Waals surface area contributed by atoms with Crippen molar-refractivity contribution >= 4 is 23.6 Å². The molecule has 1 aromatic heterocycles. The first-order valence-electron chi connectivity index (χ1n) is 11.4. The lowest BCUT2D eigenvalue weighted by Crippen LogP contribution is -2.46. The summed E-state index contributed by atoms with van der Waals surface area (Å²) in [5.41, 5.74) is 1.45. The summed E-state index contributed by atoms with van der Waals surface area (Å²) >= 11 is 1.64. The van der Waals surface area contributed by atoms with Gasteiger partial charge in [0.05, 0.1) is 18.4 Å². The van der Waals surface area contributed by atoms with Crippen LogP contribution in [-0.4, -0.2) is 64.6 Å². The van der Waals surface area contributed by atoms with Crippen LogP contribution in [0.1, 0.15) is 48.2 Å². The molecule has 0 radical (unpaired) electrons. The third kappa shape index (κ3) is 5.70. The van der Waals surface area contributed by atoms with Gasteiger partial charge in [-0.15, -0.1) is 11.8 Å². The molecule has 7 heteroatoms. The summed E-state index contributed by atoms with van der Waals surface area (Å²) in [6.45, 7) is 1.38. The van der Waals surface area contributed by atoms with E-state index in [0.717, 1.165) is 36.3 Å². The molecule has 1 aliphatic heterocycles. The van der Waals surface area contributed by atoms with Crippen LogP contribution in [0.15, 0.2) is 53.6 Å². The van der Waals surface area contributed by atoms with E-state index in [-0.39, 0.29) is 30.5 Å². The number of amides is 2. The summed E-state index contributed by atoms with van der Waals surface area (Å²) in [6, 6.07) is 13.6. The van der Waals surface area contributed by atoms with E-state index in [2.05, 4.69) is 4.98 Å². The van der Waals surface area contributed by atoms with Crippen LogP contribution in [0.25, 0.3) is 0 Å². The zero-order valence-electron chi connectivity index (χ0n) is 18.6. The number of ether oxygens (including phenoxy) is 1. The number of rotatable bonds is 6.